The van der Waals surface area contributed by atoms with Gasteiger partial charge in [-0.05, 0) is 26.0 Å². The molecule has 0 saturated heterocycles. The monoisotopic (exact) mass is 336 g/mol. The Balaban J connectivity index is 2.65. The van der Waals surface area contributed by atoms with Crippen LogP contribution in [0.4, 0.5) is 0 Å². The molecule has 0 fully saturated rings. The number of hydrogen-bond donors (Lipinski definition) is 0. The van der Waals surface area contributed by atoms with E-state index in [2.05, 4.69) is 4.99 Å². The minimum atomic E-state index is -0.371. The first-order valence-corrected chi connectivity index (χ1v) is 8.40. The van der Waals surface area contributed by atoms with Gasteiger partial charge in [0.25, 0.3) is 0 Å². The number of esters is 1. The van der Waals surface area contributed by atoms with Crippen molar-refractivity contribution in [1.29, 1.82) is 0 Å². The summed E-state index contributed by atoms with van der Waals surface area (Å²) in [5.41, 5.74) is 0.759. The van der Waals surface area contributed by atoms with E-state index in [0.29, 0.717) is 30.2 Å². The summed E-state index contributed by atoms with van der Waals surface area (Å²) in [5.74, 6) is 0.0620. The molecule has 0 saturated carbocycles. The Morgan fingerprint density at radius 3 is 2.65 bits per heavy atom. The molecule has 1 heterocycles. The van der Waals surface area contributed by atoms with Gasteiger partial charge in [-0.2, -0.15) is 4.99 Å². The number of nitrogens with zero attached hydrogens (tertiary/aromatic N) is 2. The van der Waals surface area contributed by atoms with Crippen LogP contribution >= 0.6 is 11.3 Å². The summed E-state index contributed by atoms with van der Waals surface area (Å²) >= 11 is 1.36. The number of thiazole rings is 1. The predicted molar refractivity (Wildman–Crippen MR) is 88.5 cm³/mol. The van der Waals surface area contributed by atoms with Gasteiger partial charge in [-0.25, -0.2) is 0 Å². The molecule has 6 nitrogen and oxygen atoms in total. The van der Waals surface area contributed by atoms with Crippen molar-refractivity contribution < 1.29 is 19.1 Å². The Morgan fingerprint density at radius 2 is 2.00 bits per heavy atom. The zero-order chi connectivity index (χ0) is 16.8. The minimum absolute atomic E-state index is 0.00620. The fraction of sp³-hybridized carbons (Fsp3) is 0.438. The number of ether oxygens (including phenoxy) is 2. The average Bonchev–Trinajstić information content (AvgIpc) is 2.86. The Bertz CT molecular complexity index is 776. The van der Waals surface area contributed by atoms with Gasteiger partial charge in [-0.3, -0.25) is 9.59 Å². The molecule has 0 atom stereocenters. The van der Waals surface area contributed by atoms with E-state index in [1.54, 1.807) is 18.4 Å². The predicted octanol–water partition coefficient (Wildman–Crippen LogP) is 2.50. The normalized spacial score (nSPS) is 11.7. The van der Waals surface area contributed by atoms with Crippen LogP contribution in [0.15, 0.2) is 23.2 Å². The van der Waals surface area contributed by atoms with Gasteiger partial charge in [0, 0.05) is 6.42 Å². The van der Waals surface area contributed by atoms with Gasteiger partial charge in [0.2, 0.25) is 5.91 Å². The second kappa shape index (κ2) is 7.92. The Kier molecular flexibility index (Phi) is 5.92. The topological polar surface area (TPSA) is 69.9 Å². The highest BCUT2D eigenvalue weighted by atomic mass is 32.1. The van der Waals surface area contributed by atoms with Crippen molar-refractivity contribution in [1.82, 2.24) is 4.57 Å². The second-order valence-corrected chi connectivity index (χ2v) is 5.68. The summed E-state index contributed by atoms with van der Waals surface area (Å²) in [6.45, 7) is 6.21. The van der Waals surface area contributed by atoms with Gasteiger partial charge in [0.15, 0.2) is 4.80 Å². The molecule has 0 radical (unpaired) electrons. The van der Waals surface area contributed by atoms with E-state index in [1.165, 1.54) is 11.3 Å². The maximum absolute atomic E-state index is 11.9. The lowest BCUT2D eigenvalue weighted by atomic mass is 10.3. The Labute approximate surface area is 138 Å². The SMILES string of the molecule is CCOC(=O)Cn1c(=NC(=O)CC)sc2cccc(OCC)c21. The van der Waals surface area contributed by atoms with Crippen molar-refractivity contribution in [3.05, 3.63) is 23.0 Å². The van der Waals surface area contributed by atoms with E-state index in [0.717, 1.165) is 10.2 Å². The zero-order valence-electron chi connectivity index (χ0n) is 13.5. The van der Waals surface area contributed by atoms with Crippen LogP contribution in [-0.4, -0.2) is 29.7 Å². The summed E-state index contributed by atoms with van der Waals surface area (Å²) in [6, 6.07) is 5.63. The third kappa shape index (κ3) is 3.98. The van der Waals surface area contributed by atoms with E-state index in [9.17, 15) is 9.59 Å². The first kappa shape index (κ1) is 17.2. The molecule has 0 aliphatic rings. The second-order valence-electron chi connectivity index (χ2n) is 4.67. The fourth-order valence-corrected chi connectivity index (χ4v) is 3.19. The van der Waals surface area contributed by atoms with Crippen LogP contribution in [-0.2, 0) is 20.9 Å². The largest absolute Gasteiger partial charge is 0.492 e. The van der Waals surface area contributed by atoms with Gasteiger partial charge < -0.3 is 14.0 Å². The molecule has 7 heteroatoms. The summed E-state index contributed by atoms with van der Waals surface area (Å²) in [4.78, 5) is 28.2. The molecule has 0 N–H and O–H groups in total. The van der Waals surface area contributed by atoms with Crippen LogP contribution in [0, 0.1) is 0 Å². The Hall–Kier alpha value is -2.15. The number of carbonyl (C=O) groups is 2. The molecule has 0 spiro atoms. The molecule has 0 aliphatic heterocycles. The van der Waals surface area contributed by atoms with Gasteiger partial charge in [-0.15, -0.1) is 0 Å². The van der Waals surface area contributed by atoms with Gasteiger partial charge in [0.05, 0.1) is 17.9 Å². The first-order chi connectivity index (χ1) is 11.1. The lowest BCUT2D eigenvalue weighted by Gasteiger charge is -2.09. The first-order valence-electron chi connectivity index (χ1n) is 7.59. The van der Waals surface area contributed by atoms with E-state index in [4.69, 9.17) is 9.47 Å². The van der Waals surface area contributed by atoms with Crippen molar-refractivity contribution in [2.24, 2.45) is 4.99 Å². The summed E-state index contributed by atoms with van der Waals surface area (Å²) in [6.07, 6.45) is 0.311. The van der Waals surface area contributed by atoms with Gasteiger partial charge in [0.1, 0.15) is 17.8 Å². The minimum Gasteiger partial charge on any atom is -0.492 e. The molecule has 0 unspecified atom stereocenters. The lowest BCUT2D eigenvalue weighted by molar-refractivity contribution is -0.143. The third-order valence-corrected chi connectivity index (χ3v) is 4.12. The molecule has 2 aromatic rings. The van der Waals surface area contributed by atoms with Crippen LogP contribution in [0.3, 0.4) is 0 Å². The fourth-order valence-electron chi connectivity index (χ4n) is 2.12. The van der Waals surface area contributed by atoms with Crippen molar-refractivity contribution in [2.45, 2.75) is 33.7 Å². The molecule has 0 aliphatic carbocycles. The smallest absolute Gasteiger partial charge is 0.326 e. The molecule has 1 amide bonds. The molecule has 1 aromatic carbocycles. The van der Waals surface area contributed by atoms with E-state index in [-0.39, 0.29) is 18.4 Å². The maximum atomic E-state index is 11.9. The maximum Gasteiger partial charge on any atom is 0.326 e. The number of aromatic nitrogens is 1. The van der Waals surface area contributed by atoms with Crippen molar-refractivity contribution in [3.63, 3.8) is 0 Å². The van der Waals surface area contributed by atoms with E-state index >= 15 is 0 Å². The third-order valence-electron chi connectivity index (χ3n) is 3.08. The number of hydrogen-bond acceptors (Lipinski definition) is 5. The highest BCUT2D eigenvalue weighted by Gasteiger charge is 2.15. The lowest BCUT2D eigenvalue weighted by Crippen LogP contribution is -2.23. The zero-order valence-corrected chi connectivity index (χ0v) is 14.3. The van der Waals surface area contributed by atoms with E-state index in [1.807, 2.05) is 25.1 Å². The van der Waals surface area contributed by atoms with Gasteiger partial charge in [-0.1, -0.05) is 24.3 Å². The van der Waals surface area contributed by atoms with Crippen LogP contribution in [0.1, 0.15) is 27.2 Å². The molecule has 23 heavy (non-hydrogen) atoms. The summed E-state index contributed by atoms with van der Waals surface area (Å²) in [7, 11) is 0. The molecule has 2 rings (SSSR count). The van der Waals surface area contributed by atoms with Crippen LogP contribution in [0.5, 0.6) is 5.75 Å². The quantitative estimate of drug-likeness (QED) is 0.760. The highest BCUT2D eigenvalue weighted by molar-refractivity contribution is 7.16. The Morgan fingerprint density at radius 1 is 1.22 bits per heavy atom. The van der Waals surface area contributed by atoms with Crippen molar-refractivity contribution in [3.8, 4) is 5.75 Å². The average molecular weight is 336 g/mol. The van der Waals surface area contributed by atoms with Crippen LogP contribution in [0.25, 0.3) is 10.2 Å². The van der Waals surface area contributed by atoms with Crippen LogP contribution in [0.2, 0.25) is 0 Å². The molecular formula is C16H20N2O4S. The van der Waals surface area contributed by atoms with Gasteiger partial charge >= 0.3 is 5.97 Å². The molecule has 0 bridgehead atoms. The van der Waals surface area contributed by atoms with Crippen molar-refractivity contribution >= 4 is 33.4 Å². The van der Waals surface area contributed by atoms with Crippen molar-refractivity contribution in [2.75, 3.05) is 13.2 Å². The highest BCUT2D eigenvalue weighted by Crippen LogP contribution is 2.27. The molecular weight excluding hydrogens is 316 g/mol. The molecule has 124 valence electrons. The number of rotatable bonds is 6. The summed E-state index contributed by atoms with van der Waals surface area (Å²) < 4.78 is 13.3. The standard InChI is InChI=1S/C16H20N2O4S/c1-4-13(19)17-16-18(10-14(20)22-6-3)15-11(21-5-2)8-7-9-12(15)23-16/h7-9H,4-6,10H2,1-3H3. The number of fused-ring (bicyclic) bond motifs is 1. The number of para-hydroxylation sites is 1. The number of carbonyl (C=O) groups excluding carboxylic acids is 2. The van der Waals surface area contributed by atoms with E-state index < -0.39 is 0 Å². The molecule has 1 aromatic heterocycles. The van der Waals surface area contributed by atoms with Crippen LogP contribution < -0.4 is 9.54 Å². The number of benzene rings is 1. The number of amides is 1. The summed E-state index contributed by atoms with van der Waals surface area (Å²) in [5, 5.41) is 0.